The molecule has 1 fully saturated rings. The highest BCUT2D eigenvalue weighted by Crippen LogP contribution is 2.23. The Labute approximate surface area is 109 Å². The molecule has 0 aromatic carbocycles. The van der Waals surface area contributed by atoms with Crippen LogP contribution in [0.25, 0.3) is 0 Å². The minimum absolute atomic E-state index is 0.00643. The summed E-state index contributed by atoms with van der Waals surface area (Å²) in [6.07, 6.45) is 5.31. The molecule has 1 atom stereocenters. The number of amides is 1. The Morgan fingerprint density at radius 1 is 1.17 bits per heavy atom. The van der Waals surface area contributed by atoms with Crippen LogP contribution in [0, 0.1) is 5.92 Å². The van der Waals surface area contributed by atoms with Crippen molar-refractivity contribution in [1.29, 1.82) is 0 Å². The van der Waals surface area contributed by atoms with E-state index in [-0.39, 0.29) is 17.8 Å². The lowest BCUT2D eigenvalue weighted by Gasteiger charge is -2.25. The van der Waals surface area contributed by atoms with Gasteiger partial charge in [0.1, 0.15) is 11.6 Å². The maximum Gasteiger partial charge on any atom is 0.328 e. The molecule has 0 spiro atoms. The van der Waals surface area contributed by atoms with Gasteiger partial charge in [0.25, 0.3) is 0 Å². The van der Waals surface area contributed by atoms with Gasteiger partial charge in [0, 0.05) is 5.92 Å². The number of rotatable bonds is 3. The normalized spacial score (nSPS) is 19.1. The van der Waals surface area contributed by atoms with E-state index in [1.165, 1.54) is 6.42 Å². The molecule has 0 unspecified atom stereocenters. The molecule has 1 N–H and O–H groups in total. The zero-order valence-corrected chi connectivity index (χ0v) is 11.9. The maximum absolute atomic E-state index is 12.0. The highest BCUT2D eigenvalue weighted by Gasteiger charge is 2.26. The fourth-order valence-corrected chi connectivity index (χ4v) is 2.15. The molecule has 4 nitrogen and oxygen atoms in total. The third-order valence-corrected chi connectivity index (χ3v) is 3.10. The van der Waals surface area contributed by atoms with E-state index in [0.717, 1.165) is 25.7 Å². The Bertz CT molecular complexity index is 301. The van der Waals surface area contributed by atoms with Crippen LogP contribution in [0.4, 0.5) is 0 Å². The highest BCUT2D eigenvalue weighted by atomic mass is 16.6. The average molecular weight is 255 g/mol. The van der Waals surface area contributed by atoms with Crippen molar-refractivity contribution in [3.8, 4) is 0 Å². The first-order valence-corrected chi connectivity index (χ1v) is 6.83. The standard InChI is InChI=1S/C14H25NO3/c1-10(13(17)18-14(2,3)4)15-12(16)11-8-6-5-7-9-11/h10-11H,5-9H2,1-4H3,(H,15,16)/t10-/m1/s1. The van der Waals surface area contributed by atoms with Crippen LogP contribution in [-0.2, 0) is 14.3 Å². The smallest absolute Gasteiger partial charge is 0.328 e. The first kappa shape index (κ1) is 15.0. The minimum Gasteiger partial charge on any atom is -0.458 e. The van der Waals surface area contributed by atoms with Crippen molar-refractivity contribution in [2.45, 2.75) is 71.4 Å². The summed E-state index contributed by atoms with van der Waals surface area (Å²) >= 11 is 0. The Morgan fingerprint density at radius 2 is 1.72 bits per heavy atom. The summed E-state index contributed by atoms with van der Waals surface area (Å²) in [7, 11) is 0. The molecule has 0 aliphatic heterocycles. The third-order valence-electron chi connectivity index (χ3n) is 3.10. The van der Waals surface area contributed by atoms with Crippen molar-refractivity contribution >= 4 is 11.9 Å². The quantitative estimate of drug-likeness (QED) is 0.788. The zero-order valence-electron chi connectivity index (χ0n) is 11.9. The molecule has 0 radical (unpaired) electrons. The number of carbonyl (C=O) groups excluding carboxylic acids is 2. The zero-order chi connectivity index (χ0) is 13.8. The van der Waals surface area contributed by atoms with Crippen molar-refractivity contribution in [1.82, 2.24) is 5.32 Å². The highest BCUT2D eigenvalue weighted by molar-refractivity contribution is 5.85. The molecule has 0 heterocycles. The Hall–Kier alpha value is -1.06. The molecule has 4 heteroatoms. The Kier molecular flexibility index (Phi) is 5.17. The lowest BCUT2D eigenvalue weighted by Crippen LogP contribution is -2.44. The van der Waals surface area contributed by atoms with E-state index in [1.54, 1.807) is 6.92 Å². The summed E-state index contributed by atoms with van der Waals surface area (Å²) in [6.45, 7) is 7.14. The molecule has 1 amide bonds. The predicted octanol–water partition coefficient (Wildman–Crippen LogP) is 2.41. The molecule has 1 aliphatic carbocycles. The number of nitrogens with one attached hydrogen (secondary N) is 1. The van der Waals surface area contributed by atoms with E-state index in [2.05, 4.69) is 5.32 Å². The van der Waals surface area contributed by atoms with Gasteiger partial charge in [-0.25, -0.2) is 4.79 Å². The largest absolute Gasteiger partial charge is 0.458 e. The van der Waals surface area contributed by atoms with Crippen LogP contribution >= 0.6 is 0 Å². The number of carbonyl (C=O) groups is 2. The molecule has 1 saturated carbocycles. The van der Waals surface area contributed by atoms with Gasteiger partial charge in [-0.05, 0) is 40.5 Å². The van der Waals surface area contributed by atoms with Gasteiger partial charge in [-0.3, -0.25) is 4.79 Å². The van der Waals surface area contributed by atoms with Crippen molar-refractivity contribution in [3.05, 3.63) is 0 Å². The van der Waals surface area contributed by atoms with Crippen LogP contribution in [-0.4, -0.2) is 23.5 Å². The summed E-state index contributed by atoms with van der Waals surface area (Å²) in [5, 5.41) is 2.76. The second-order valence-corrected chi connectivity index (χ2v) is 6.10. The average Bonchev–Trinajstić information content (AvgIpc) is 2.27. The number of hydrogen-bond acceptors (Lipinski definition) is 3. The third kappa shape index (κ3) is 5.07. The van der Waals surface area contributed by atoms with Gasteiger partial charge < -0.3 is 10.1 Å². The fourth-order valence-electron chi connectivity index (χ4n) is 2.15. The van der Waals surface area contributed by atoms with E-state index < -0.39 is 11.6 Å². The molecule has 0 saturated heterocycles. The SMILES string of the molecule is C[C@@H](NC(=O)C1CCCCC1)C(=O)OC(C)(C)C. The molecule has 1 rings (SSSR count). The van der Waals surface area contributed by atoms with Crippen LogP contribution in [0.5, 0.6) is 0 Å². The van der Waals surface area contributed by atoms with Gasteiger partial charge >= 0.3 is 5.97 Å². The summed E-state index contributed by atoms with van der Waals surface area (Å²) in [5.74, 6) is -0.302. The molecule has 0 aromatic heterocycles. The topological polar surface area (TPSA) is 55.4 Å². The molecule has 1 aliphatic rings. The lowest BCUT2D eigenvalue weighted by molar-refractivity contribution is -0.158. The number of hydrogen-bond donors (Lipinski definition) is 1. The van der Waals surface area contributed by atoms with Crippen LogP contribution < -0.4 is 5.32 Å². The minimum atomic E-state index is -0.571. The summed E-state index contributed by atoms with van der Waals surface area (Å²) in [6, 6.07) is -0.571. The predicted molar refractivity (Wildman–Crippen MR) is 70.0 cm³/mol. The van der Waals surface area contributed by atoms with E-state index in [4.69, 9.17) is 4.74 Å². The van der Waals surface area contributed by atoms with Gasteiger partial charge in [-0.1, -0.05) is 19.3 Å². The van der Waals surface area contributed by atoms with Gasteiger partial charge in [-0.2, -0.15) is 0 Å². The number of ether oxygens (including phenoxy) is 1. The molecule has 18 heavy (non-hydrogen) atoms. The van der Waals surface area contributed by atoms with Crippen LogP contribution in [0.3, 0.4) is 0 Å². The van der Waals surface area contributed by atoms with Gasteiger partial charge in [0.05, 0.1) is 0 Å². The first-order valence-electron chi connectivity index (χ1n) is 6.83. The molecular weight excluding hydrogens is 230 g/mol. The van der Waals surface area contributed by atoms with Crippen molar-refractivity contribution in [2.75, 3.05) is 0 Å². The van der Waals surface area contributed by atoms with Crippen LogP contribution in [0.15, 0.2) is 0 Å². The molecule has 0 bridgehead atoms. The van der Waals surface area contributed by atoms with Crippen molar-refractivity contribution in [2.24, 2.45) is 5.92 Å². The van der Waals surface area contributed by atoms with Crippen molar-refractivity contribution < 1.29 is 14.3 Å². The van der Waals surface area contributed by atoms with E-state index in [0.29, 0.717) is 0 Å². The lowest BCUT2D eigenvalue weighted by atomic mass is 9.88. The van der Waals surface area contributed by atoms with E-state index in [9.17, 15) is 9.59 Å². The summed E-state index contributed by atoms with van der Waals surface area (Å²) in [4.78, 5) is 23.7. The Morgan fingerprint density at radius 3 is 2.22 bits per heavy atom. The van der Waals surface area contributed by atoms with Gasteiger partial charge in [-0.15, -0.1) is 0 Å². The van der Waals surface area contributed by atoms with E-state index in [1.807, 2.05) is 20.8 Å². The maximum atomic E-state index is 12.0. The van der Waals surface area contributed by atoms with Gasteiger partial charge in [0.2, 0.25) is 5.91 Å². The van der Waals surface area contributed by atoms with Crippen LogP contribution in [0.1, 0.15) is 59.8 Å². The Balaban J connectivity index is 2.41. The summed E-state index contributed by atoms with van der Waals surface area (Å²) in [5.41, 5.74) is -0.513. The molecule has 104 valence electrons. The van der Waals surface area contributed by atoms with Crippen molar-refractivity contribution in [3.63, 3.8) is 0 Å². The monoisotopic (exact) mass is 255 g/mol. The van der Waals surface area contributed by atoms with Gasteiger partial charge in [0.15, 0.2) is 0 Å². The molecular formula is C14H25NO3. The van der Waals surface area contributed by atoms with Crippen LogP contribution in [0.2, 0.25) is 0 Å². The fraction of sp³-hybridized carbons (Fsp3) is 0.857. The summed E-state index contributed by atoms with van der Waals surface area (Å²) < 4.78 is 5.23. The number of esters is 1. The molecule has 0 aromatic rings. The second kappa shape index (κ2) is 6.21. The first-order chi connectivity index (χ1) is 8.29. The van der Waals surface area contributed by atoms with E-state index >= 15 is 0 Å². The second-order valence-electron chi connectivity index (χ2n) is 6.10.